The Bertz CT molecular complexity index is 665. The maximum atomic E-state index is 11.9. The van der Waals surface area contributed by atoms with Crippen LogP contribution in [0, 0.1) is 0 Å². The van der Waals surface area contributed by atoms with Crippen molar-refractivity contribution in [1.29, 1.82) is 0 Å². The number of carbonyl (C=O) groups is 4. The third-order valence-electron chi connectivity index (χ3n) is 3.32. The first-order valence-corrected chi connectivity index (χ1v) is 10.4. The van der Waals surface area contributed by atoms with Crippen LogP contribution in [0.25, 0.3) is 0 Å². The first-order chi connectivity index (χ1) is 12.5. The van der Waals surface area contributed by atoms with Gasteiger partial charge in [0.2, 0.25) is 0 Å². The second-order valence-corrected chi connectivity index (χ2v) is 8.02. The second kappa shape index (κ2) is 10.1. The normalized spacial score (nSPS) is 13.8. The van der Waals surface area contributed by atoms with Crippen LogP contribution in [0.3, 0.4) is 0 Å². The highest BCUT2D eigenvalue weighted by Gasteiger charge is 2.32. The minimum atomic E-state index is -0.613. The van der Waals surface area contributed by atoms with Gasteiger partial charge >= 0.3 is 5.97 Å². The lowest BCUT2D eigenvalue weighted by Gasteiger charge is -2.12. The van der Waals surface area contributed by atoms with Gasteiger partial charge in [0.25, 0.3) is 17.7 Å². The maximum Gasteiger partial charge on any atom is 0.334 e. The molecule has 1 aromatic rings. The van der Waals surface area contributed by atoms with Gasteiger partial charge in [-0.2, -0.15) is 0 Å². The second-order valence-electron chi connectivity index (χ2n) is 5.32. The Morgan fingerprint density at radius 1 is 1.08 bits per heavy atom. The van der Waals surface area contributed by atoms with Crippen LogP contribution in [0.15, 0.2) is 24.3 Å². The molecule has 10 heteroatoms. The molecule has 0 unspecified atom stereocenters. The molecule has 3 amide bonds. The monoisotopic (exact) mass is 397 g/mol. The molecule has 3 N–H and O–H groups in total. The van der Waals surface area contributed by atoms with E-state index < -0.39 is 17.8 Å². The Labute approximate surface area is 158 Å². The molecule has 1 aromatic carbocycles. The number of anilines is 1. The lowest BCUT2D eigenvalue weighted by atomic mass is 10.2. The Morgan fingerprint density at radius 2 is 1.69 bits per heavy atom. The topological polar surface area (TPSA) is 119 Å². The number of benzene rings is 1. The molecule has 0 aliphatic carbocycles. The summed E-state index contributed by atoms with van der Waals surface area (Å²) < 4.78 is 0. The van der Waals surface area contributed by atoms with Crippen molar-refractivity contribution in [2.45, 2.75) is 19.3 Å². The predicted molar refractivity (Wildman–Crippen MR) is 99.9 cm³/mol. The number of nitrogens with two attached hydrogens (primary N) is 1. The molecule has 0 saturated carbocycles. The van der Waals surface area contributed by atoms with E-state index in [1.54, 1.807) is 24.3 Å². The Morgan fingerprint density at radius 3 is 2.35 bits per heavy atom. The molecule has 1 fully saturated rings. The molecule has 0 bridgehead atoms. The van der Waals surface area contributed by atoms with E-state index in [0.29, 0.717) is 34.4 Å². The highest BCUT2D eigenvalue weighted by Crippen LogP contribution is 2.22. The molecule has 26 heavy (non-hydrogen) atoms. The van der Waals surface area contributed by atoms with Crippen LogP contribution in [0.4, 0.5) is 5.69 Å². The molecule has 1 aliphatic rings. The lowest BCUT2D eigenvalue weighted by Crippen LogP contribution is -2.32. The van der Waals surface area contributed by atoms with Crippen molar-refractivity contribution in [3.63, 3.8) is 0 Å². The number of nitrogens with one attached hydrogen (secondary N) is 1. The fraction of sp³-hybridized carbons (Fsp3) is 0.375. The summed E-state index contributed by atoms with van der Waals surface area (Å²) in [4.78, 5) is 50.9. The average Bonchev–Trinajstić information content (AvgIpc) is 2.93. The van der Waals surface area contributed by atoms with Gasteiger partial charge in [-0.3, -0.25) is 14.4 Å². The van der Waals surface area contributed by atoms with Crippen molar-refractivity contribution in [3.05, 3.63) is 29.8 Å². The van der Waals surface area contributed by atoms with Gasteiger partial charge in [-0.05, 0) is 24.3 Å². The van der Waals surface area contributed by atoms with E-state index in [2.05, 4.69) is 5.32 Å². The molecule has 0 radical (unpaired) electrons. The number of hydrogen-bond donors (Lipinski definition) is 2. The Hall–Kier alpha value is -2.20. The number of nitrogen functional groups attached to an aromatic ring is 1. The molecular formula is C16H19N3O5S2. The zero-order valence-corrected chi connectivity index (χ0v) is 15.6. The fourth-order valence-electron chi connectivity index (χ4n) is 1.99. The van der Waals surface area contributed by atoms with Gasteiger partial charge in [0.15, 0.2) is 0 Å². The third kappa shape index (κ3) is 6.26. The van der Waals surface area contributed by atoms with E-state index in [-0.39, 0.29) is 25.2 Å². The van der Waals surface area contributed by atoms with E-state index in [1.807, 2.05) is 0 Å². The third-order valence-corrected chi connectivity index (χ3v) is 5.72. The SMILES string of the molecule is Nc1ccc(C(=O)NCCSSCCC(=O)ON2C(=O)CCC2=O)cc1. The Balaban J connectivity index is 1.52. The van der Waals surface area contributed by atoms with Crippen LogP contribution < -0.4 is 11.1 Å². The summed E-state index contributed by atoms with van der Waals surface area (Å²) in [5.74, 6) is -0.600. The molecule has 1 heterocycles. The highest BCUT2D eigenvalue weighted by atomic mass is 33.1. The fourth-order valence-corrected chi connectivity index (χ4v) is 3.87. The number of rotatable bonds is 9. The number of nitrogens with zero attached hydrogens (tertiary/aromatic N) is 1. The van der Waals surface area contributed by atoms with Crippen molar-refractivity contribution in [2.24, 2.45) is 0 Å². The summed E-state index contributed by atoms with van der Waals surface area (Å²) in [5.41, 5.74) is 6.72. The molecule has 0 atom stereocenters. The summed E-state index contributed by atoms with van der Waals surface area (Å²) >= 11 is 0. The lowest BCUT2D eigenvalue weighted by molar-refractivity contribution is -0.197. The molecule has 8 nitrogen and oxygen atoms in total. The average molecular weight is 397 g/mol. The van der Waals surface area contributed by atoms with Crippen molar-refractivity contribution in [3.8, 4) is 0 Å². The van der Waals surface area contributed by atoms with Gasteiger partial charge in [0.05, 0.1) is 6.42 Å². The zero-order chi connectivity index (χ0) is 18.9. The molecule has 0 aromatic heterocycles. The summed E-state index contributed by atoms with van der Waals surface area (Å²) in [6, 6.07) is 6.66. The largest absolute Gasteiger partial charge is 0.399 e. The number of hydroxylamine groups is 2. The van der Waals surface area contributed by atoms with Crippen LogP contribution in [0.2, 0.25) is 0 Å². The van der Waals surface area contributed by atoms with Crippen LogP contribution in [0.1, 0.15) is 29.6 Å². The van der Waals surface area contributed by atoms with Gasteiger partial charge in [0.1, 0.15) is 0 Å². The van der Waals surface area contributed by atoms with Crippen LogP contribution in [0.5, 0.6) is 0 Å². The quantitative estimate of drug-likeness (QED) is 0.278. The molecule has 1 saturated heterocycles. The summed E-state index contributed by atoms with van der Waals surface area (Å²) in [6.45, 7) is 0.488. The van der Waals surface area contributed by atoms with Crippen LogP contribution >= 0.6 is 21.6 Å². The first-order valence-electron chi connectivity index (χ1n) is 7.92. The van der Waals surface area contributed by atoms with Gasteiger partial charge in [-0.15, -0.1) is 5.06 Å². The number of amides is 3. The minimum Gasteiger partial charge on any atom is -0.399 e. The standard InChI is InChI=1S/C16H19N3O5S2/c17-12-3-1-11(2-4-12)16(23)18-8-10-26-25-9-7-15(22)24-19-13(20)5-6-14(19)21/h1-4H,5-10,17H2,(H,18,23). The smallest absolute Gasteiger partial charge is 0.334 e. The van der Waals surface area contributed by atoms with Crippen molar-refractivity contribution < 1.29 is 24.0 Å². The van der Waals surface area contributed by atoms with E-state index in [1.165, 1.54) is 21.6 Å². The van der Waals surface area contributed by atoms with E-state index in [4.69, 9.17) is 10.6 Å². The highest BCUT2D eigenvalue weighted by molar-refractivity contribution is 8.76. The van der Waals surface area contributed by atoms with Crippen molar-refractivity contribution in [1.82, 2.24) is 10.4 Å². The first kappa shape index (κ1) is 20.1. The Kier molecular flexibility index (Phi) is 7.79. The zero-order valence-electron chi connectivity index (χ0n) is 13.9. The molecule has 140 valence electrons. The summed E-state index contributed by atoms with van der Waals surface area (Å²) in [5, 5.41) is 3.34. The van der Waals surface area contributed by atoms with Crippen molar-refractivity contribution >= 4 is 51.0 Å². The molecule has 2 rings (SSSR count). The predicted octanol–water partition coefficient (Wildman–Crippen LogP) is 1.38. The van der Waals surface area contributed by atoms with Gasteiger partial charge in [0, 0.05) is 42.1 Å². The minimum absolute atomic E-state index is 0.0821. The molecular weight excluding hydrogens is 378 g/mol. The van der Waals surface area contributed by atoms with Crippen LogP contribution in [-0.2, 0) is 19.2 Å². The van der Waals surface area contributed by atoms with Gasteiger partial charge in [-0.25, -0.2) is 4.79 Å². The molecule has 1 aliphatic heterocycles. The van der Waals surface area contributed by atoms with Gasteiger partial charge < -0.3 is 15.9 Å². The number of imide groups is 1. The number of carbonyl (C=O) groups excluding carboxylic acids is 4. The summed E-state index contributed by atoms with van der Waals surface area (Å²) in [7, 11) is 2.96. The maximum absolute atomic E-state index is 11.9. The van der Waals surface area contributed by atoms with Gasteiger partial charge in [-0.1, -0.05) is 21.6 Å². The number of hydrogen-bond acceptors (Lipinski definition) is 8. The van der Waals surface area contributed by atoms with Crippen LogP contribution in [-0.4, -0.2) is 46.8 Å². The summed E-state index contributed by atoms with van der Waals surface area (Å²) in [6.07, 6.45) is 0.254. The van der Waals surface area contributed by atoms with E-state index in [0.717, 1.165) is 0 Å². The molecule has 0 spiro atoms. The van der Waals surface area contributed by atoms with E-state index >= 15 is 0 Å². The van der Waals surface area contributed by atoms with E-state index in [9.17, 15) is 19.2 Å². The van der Waals surface area contributed by atoms with Crippen molar-refractivity contribution in [2.75, 3.05) is 23.8 Å².